The molecule has 4 rings (SSSR count). The molecule has 2 aromatic carbocycles. The Morgan fingerprint density at radius 3 is 2.50 bits per heavy atom. The number of nitrogens with zero attached hydrogens (tertiary/aromatic N) is 1. The zero-order chi connectivity index (χ0) is 16.2. The van der Waals surface area contributed by atoms with Crippen LogP contribution in [0.1, 0.15) is 43.2 Å². The van der Waals surface area contributed by atoms with Gasteiger partial charge in [0.1, 0.15) is 0 Å². The van der Waals surface area contributed by atoms with Gasteiger partial charge in [-0.3, -0.25) is 0 Å². The summed E-state index contributed by atoms with van der Waals surface area (Å²) >= 11 is 0.238. The molecule has 1 N–H and O–H groups in total. The van der Waals surface area contributed by atoms with Gasteiger partial charge in [0, 0.05) is 0 Å². The van der Waals surface area contributed by atoms with E-state index in [0.717, 1.165) is 0 Å². The number of hydrogen-bond donors (Lipinski definition) is 1. The predicted octanol–water partition coefficient (Wildman–Crippen LogP) is 5.00. The Bertz CT molecular complexity index is 758. The van der Waals surface area contributed by atoms with Crippen molar-refractivity contribution >= 4 is 35.9 Å². The van der Waals surface area contributed by atoms with Gasteiger partial charge in [0.05, 0.1) is 0 Å². The summed E-state index contributed by atoms with van der Waals surface area (Å²) < 4.78 is 2.60. The van der Waals surface area contributed by atoms with Gasteiger partial charge in [0.25, 0.3) is 0 Å². The number of hydrogen-bond acceptors (Lipinski definition) is 1. The van der Waals surface area contributed by atoms with Gasteiger partial charge in [-0.1, -0.05) is 0 Å². The van der Waals surface area contributed by atoms with Gasteiger partial charge < -0.3 is 0 Å². The van der Waals surface area contributed by atoms with Crippen LogP contribution in [0.5, 0.6) is 0 Å². The Morgan fingerprint density at radius 1 is 0.917 bits per heavy atom. The summed E-state index contributed by atoms with van der Waals surface area (Å²) in [5.41, 5.74) is 3.79. The molecule has 0 amide bonds. The van der Waals surface area contributed by atoms with Crippen LogP contribution in [0.15, 0.2) is 59.6 Å². The van der Waals surface area contributed by atoms with Gasteiger partial charge in [-0.25, -0.2) is 0 Å². The molecular formula is C21H22N2Se. The van der Waals surface area contributed by atoms with Crippen molar-refractivity contribution in [2.75, 3.05) is 5.32 Å². The minimum atomic E-state index is 0.238. The summed E-state index contributed by atoms with van der Waals surface area (Å²) in [6, 6.07) is 19.7. The van der Waals surface area contributed by atoms with Crippen LogP contribution < -0.4 is 5.32 Å². The van der Waals surface area contributed by atoms with E-state index < -0.39 is 0 Å². The van der Waals surface area contributed by atoms with Crippen LogP contribution in [-0.4, -0.2) is 25.7 Å². The number of anilines is 1. The molecule has 1 aliphatic carbocycles. The molecule has 0 atom stereocenters. The molecule has 2 aliphatic rings. The monoisotopic (exact) mass is 382 g/mol. The van der Waals surface area contributed by atoms with E-state index in [-0.39, 0.29) is 15.0 Å². The van der Waals surface area contributed by atoms with Crippen LogP contribution in [0.4, 0.5) is 5.69 Å². The third kappa shape index (κ3) is 3.63. The average Bonchev–Trinajstić information content (AvgIpc) is 2.63. The molecule has 1 fully saturated rings. The van der Waals surface area contributed by atoms with E-state index >= 15 is 0 Å². The molecule has 24 heavy (non-hydrogen) atoms. The second kappa shape index (κ2) is 7.38. The van der Waals surface area contributed by atoms with Gasteiger partial charge in [-0.2, -0.15) is 0 Å². The van der Waals surface area contributed by atoms with E-state index in [1.54, 1.807) is 0 Å². The topological polar surface area (TPSA) is 24.4 Å². The number of amidine groups is 1. The summed E-state index contributed by atoms with van der Waals surface area (Å²) in [6.07, 6.45) is 8.87. The van der Waals surface area contributed by atoms with Crippen LogP contribution in [0.25, 0.3) is 10.5 Å². The second-order valence-electron chi connectivity index (χ2n) is 6.42. The quantitative estimate of drug-likeness (QED) is 0.727. The molecule has 0 saturated heterocycles. The molecule has 1 saturated carbocycles. The van der Waals surface area contributed by atoms with Crippen LogP contribution in [-0.2, 0) is 0 Å². The Balaban J connectivity index is 1.67. The van der Waals surface area contributed by atoms with E-state index in [4.69, 9.17) is 4.99 Å². The minimum absolute atomic E-state index is 0.238. The Kier molecular flexibility index (Phi) is 4.82. The number of fused-ring (bicyclic) bond motifs is 1. The van der Waals surface area contributed by atoms with E-state index in [1.807, 2.05) is 0 Å². The van der Waals surface area contributed by atoms with Crippen LogP contribution in [0.3, 0.4) is 0 Å². The first-order chi connectivity index (χ1) is 11.9. The molecule has 0 aromatic heterocycles. The molecule has 0 spiro atoms. The fraction of sp³-hybridized carbons (Fsp3) is 0.286. The van der Waals surface area contributed by atoms with Gasteiger partial charge in [-0.05, 0) is 0 Å². The Labute approximate surface area is 150 Å². The molecule has 3 heteroatoms. The van der Waals surface area contributed by atoms with E-state index in [1.165, 1.54) is 58.1 Å². The SMILES string of the molecule is C(=C1/[Se]C(=NC2CCCCC2)Nc2ccccc21)/c1ccccc1. The van der Waals surface area contributed by atoms with Crippen molar-refractivity contribution in [1.29, 1.82) is 0 Å². The average molecular weight is 381 g/mol. The maximum absolute atomic E-state index is 5.08. The Morgan fingerprint density at radius 2 is 1.67 bits per heavy atom. The summed E-state index contributed by atoms with van der Waals surface area (Å²) in [5, 5.41) is 3.60. The summed E-state index contributed by atoms with van der Waals surface area (Å²) in [7, 11) is 0. The number of nitrogens with one attached hydrogen (secondary N) is 1. The van der Waals surface area contributed by atoms with Crippen molar-refractivity contribution < 1.29 is 0 Å². The Hall–Kier alpha value is -1.83. The van der Waals surface area contributed by atoms with Crippen LogP contribution >= 0.6 is 0 Å². The van der Waals surface area contributed by atoms with Crippen molar-refractivity contribution in [3.63, 3.8) is 0 Å². The number of aliphatic imine (C=N–C) groups is 1. The van der Waals surface area contributed by atoms with Crippen molar-refractivity contribution in [3.8, 4) is 0 Å². The molecule has 1 heterocycles. The normalized spacial score (nSPS) is 21.5. The molecule has 0 radical (unpaired) electrons. The first kappa shape index (κ1) is 15.7. The molecular weight excluding hydrogens is 359 g/mol. The molecule has 122 valence electrons. The third-order valence-electron chi connectivity index (χ3n) is 4.61. The van der Waals surface area contributed by atoms with Crippen molar-refractivity contribution in [2.24, 2.45) is 4.99 Å². The van der Waals surface area contributed by atoms with Crippen molar-refractivity contribution in [3.05, 3.63) is 65.7 Å². The van der Waals surface area contributed by atoms with E-state index in [0.29, 0.717) is 6.04 Å². The molecule has 0 unspecified atom stereocenters. The maximum atomic E-state index is 5.08. The zero-order valence-electron chi connectivity index (χ0n) is 13.7. The van der Waals surface area contributed by atoms with Crippen molar-refractivity contribution in [2.45, 2.75) is 38.1 Å². The summed E-state index contributed by atoms with van der Waals surface area (Å²) in [5.74, 6) is 0. The van der Waals surface area contributed by atoms with Gasteiger partial charge in [-0.15, -0.1) is 0 Å². The summed E-state index contributed by atoms with van der Waals surface area (Å²) in [6.45, 7) is 0. The van der Waals surface area contributed by atoms with Gasteiger partial charge in [0.2, 0.25) is 0 Å². The van der Waals surface area contributed by atoms with Crippen molar-refractivity contribution in [1.82, 2.24) is 0 Å². The van der Waals surface area contributed by atoms with E-state index in [2.05, 4.69) is 66.0 Å². The number of benzene rings is 2. The molecule has 2 nitrogen and oxygen atoms in total. The predicted molar refractivity (Wildman–Crippen MR) is 104 cm³/mol. The fourth-order valence-corrected chi connectivity index (χ4v) is 5.56. The van der Waals surface area contributed by atoms with Gasteiger partial charge in [0.15, 0.2) is 0 Å². The number of para-hydroxylation sites is 1. The second-order valence-corrected chi connectivity index (χ2v) is 8.58. The van der Waals surface area contributed by atoms with Gasteiger partial charge >= 0.3 is 150 Å². The third-order valence-corrected chi connectivity index (χ3v) is 6.62. The fourth-order valence-electron chi connectivity index (χ4n) is 3.35. The van der Waals surface area contributed by atoms with Crippen LogP contribution in [0.2, 0.25) is 0 Å². The standard InChI is InChI=1S/C21H22N2Se/c1-3-9-16(10-4-1)15-20-18-13-7-8-14-19(18)23-21(24-20)22-17-11-5-2-6-12-17/h1,3-4,7-10,13-15,17H,2,5-6,11-12H2,(H,22,23)/b20-15-. The molecule has 2 aromatic rings. The van der Waals surface area contributed by atoms with E-state index in [9.17, 15) is 0 Å². The zero-order valence-corrected chi connectivity index (χ0v) is 15.5. The number of rotatable bonds is 2. The molecule has 0 bridgehead atoms. The first-order valence-corrected chi connectivity index (χ1v) is 10.5. The summed E-state index contributed by atoms with van der Waals surface area (Å²) in [4.78, 5) is 5.08. The first-order valence-electron chi connectivity index (χ1n) is 8.77. The molecule has 1 aliphatic heterocycles. The van der Waals surface area contributed by atoms with Crippen LogP contribution in [0, 0.1) is 0 Å².